The third-order valence-electron chi connectivity index (χ3n) is 1.86. The highest BCUT2D eigenvalue weighted by atomic mass is 16.4. The Balaban J connectivity index is 2.03. The van der Waals surface area contributed by atoms with Gasteiger partial charge in [0.25, 0.3) is 0 Å². The van der Waals surface area contributed by atoms with Crippen LogP contribution in [0.25, 0.3) is 0 Å². The van der Waals surface area contributed by atoms with E-state index in [9.17, 15) is 4.79 Å². The van der Waals surface area contributed by atoms with E-state index >= 15 is 0 Å². The molecule has 0 radical (unpaired) electrons. The smallest absolute Gasteiger partial charge is 0.303 e. The standard InChI is InChI=1S/C9H14N2O2/c12-9(13)5-2-1-4-8-10-6-3-7-11-8/h3,6-8,10H,1-2,4-5H2,(H,12,13). The molecular formula is C9H14N2O2. The van der Waals surface area contributed by atoms with E-state index in [-0.39, 0.29) is 12.6 Å². The zero-order chi connectivity index (χ0) is 9.52. The van der Waals surface area contributed by atoms with E-state index in [1.807, 2.05) is 12.3 Å². The average Bonchev–Trinajstić information content (AvgIpc) is 2.14. The minimum absolute atomic E-state index is 0.138. The Morgan fingerprint density at radius 3 is 3.00 bits per heavy atom. The van der Waals surface area contributed by atoms with Crippen molar-refractivity contribution in [2.24, 2.45) is 4.99 Å². The van der Waals surface area contributed by atoms with Crippen molar-refractivity contribution in [3.05, 3.63) is 12.3 Å². The Kier molecular flexibility index (Phi) is 4.02. The molecule has 1 aliphatic heterocycles. The molecular weight excluding hydrogens is 168 g/mol. The summed E-state index contributed by atoms with van der Waals surface area (Å²) >= 11 is 0. The van der Waals surface area contributed by atoms with E-state index in [1.165, 1.54) is 0 Å². The number of rotatable bonds is 5. The van der Waals surface area contributed by atoms with Crippen LogP contribution in [0.15, 0.2) is 17.3 Å². The van der Waals surface area contributed by atoms with Crippen LogP contribution in [0.2, 0.25) is 0 Å². The lowest BCUT2D eigenvalue weighted by Crippen LogP contribution is -2.24. The maximum atomic E-state index is 10.2. The minimum atomic E-state index is -0.722. The molecule has 13 heavy (non-hydrogen) atoms. The Labute approximate surface area is 77.4 Å². The largest absolute Gasteiger partial charge is 0.481 e. The lowest BCUT2D eigenvalue weighted by atomic mass is 10.1. The summed E-state index contributed by atoms with van der Waals surface area (Å²) < 4.78 is 0. The summed E-state index contributed by atoms with van der Waals surface area (Å²) in [4.78, 5) is 14.4. The van der Waals surface area contributed by atoms with Crippen LogP contribution in [-0.4, -0.2) is 23.5 Å². The van der Waals surface area contributed by atoms with Gasteiger partial charge in [0, 0.05) is 12.6 Å². The highest BCUT2D eigenvalue weighted by Crippen LogP contribution is 2.05. The molecule has 0 aromatic carbocycles. The topological polar surface area (TPSA) is 61.7 Å². The number of aliphatic carboxylic acids is 1. The monoisotopic (exact) mass is 182 g/mol. The fraction of sp³-hybridized carbons (Fsp3) is 0.556. The van der Waals surface area contributed by atoms with Gasteiger partial charge in [-0.05, 0) is 31.5 Å². The molecule has 0 bridgehead atoms. The van der Waals surface area contributed by atoms with Gasteiger partial charge < -0.3 is 10.4 Å². The number of hydrogen-bond acceptors (Lipinski definition) is 3. The summed E-state index contributed by atoms with van der Waals surface area (Å²) in [5, 5.41) is 11.5. The number of unbranched alkanes of at least 4 members (excludes halogenated alkanes) is 1. The van der Waals surface area contributed by atoms with E-state index in [2.05, 4.69) is 10.3 Å². The van der Waals surface area contributed by atoms with Crippen molar-refractivity contribution in [3.63, 3.8) is 0 Å². The van der Waals surface area contributed by atoms with Crippen LogP contribution in [0.1, 0.15) is 25.7 Å². The van der Waals surface area contributed by atoms with Crippen molar-refractivity contribution in [3.8, 4) is 0 Å². The SMILES string of the molecule is O=C(O)CCCCC1N=CC=CN1. The summed E-state index contributed by atoms with van der Waals surface area (Å²) in [6.07, 6.45) is 8.38. The van der Waals surface area contributed by atoms with Crippen LogP contribution in [0, 0.1) is 0 Å². The van der Waals surface area contributed by atoms with Crippen LogP contribution in [0.3, 0.4) is 0 Å². The molecule has 0 saturated heterocycles. The molecule has 1 aliphatic rings. The second-order valence-corrected chi connectivity index (χ2v) is 2.98. The first-order chi connectivity index (χ1) is 6.29. The van der Waals surface area contributed by atoms with Gasteiger partial charge in [-0.15, -0.1) is 0 Å². The number of carbonyl (C=O) groups is 1. The Hall–Kier alpha value is -1.32. The number of carboxylic acids is 1. The van der Waals surface area contributed by atoms with Crippen LogP contribution in [0.5, 0.6) is 0 Å². The van der Waals surface area contributed by atoms with Crippen molar-refractivity contribution in [2.45, 2.75) is 31.8 Å². The second-order valence-electron chi connectivity index (χ2n) is 2.98. The summed E-state index contributed by atoms with van der Waals surface area (Å²) in [5.74, 6) is -0.722. The van der Waals surface area contributed by atoms with Gasteiger partial charge in [0.05, 0.1) is 0 Å². The molecule has 0 fully saturated rings. The molecule has 0 saturated carbocycles. The highest BCUT2D eigenvalue weighted by Gasteiger charge is 2.04. The molecule has 1 rings (SSSR count). The lowest BCUT2D eigenvalue weighted by molar-refractivity contribution is -0.137. The van der Waals surface area contributed by atoms with Gasteiger partial charge in [0.2, 0.25) is 0 Å². The van der Waals surface area contributed by atoms with Crippen molar-refractivity contribution in [2.75, 3.05) is 0 Å². The normalized spacial score (nSPS) is 19.8. The minimum Gasteiger partial charge on any atom is -0.481 e. The third-order valence-corrected chi connectivity index (χ3v) is 1.86. The molecule has 2 N–H and O–H groups in total. The molecule has 1 unspecified atom stereocenters. The molecule has 72 valence electrons. The zero-order valence-corrected chi connectivity index (χ0v) is 7.44. The molecule has 0 amide bonds. The molecule has 1 atom stereocenters. The summed E-state index contributed by atoms with van der Waals surface area (Å²) in [6, 6.07) is 0. The summed E-state index contributed by atoms with van der Waals surface area (Å²) in [5.41, 5.74) is 0. The van der Waals surface area contributed by atoms with Gasteiger partial charge in [-0.3, -0.25) is 9.79 Å². The number of allylic oxidation sites excluding steroid dienone is 1. The number of nitrogens with zero attached hydrogens (tertiary/aromatic N) is 1. The molecule has 0 spiro atoms. The van der Waals surface area contributed by atoms with Gasteiger partial charge in [-0.25, -0.2) is 0 Å². The first-order valence-corrected chi connectivity index (χ1v) is 4.45. The molecule has 1 heterocycles. The van der Waals surface area contributed by atoms with Crippen molar-refractivity contribution >= 4 is 12.2 Å². The highest BCUT2D eigenvalue weighted by molar-refractivity contribution is 5.71. The van der Waals surface area contributed by atoms with Crippen LogP contribution in [-0.2, 0) is 4.79 Å². The maximum Gasteiger partial charge on any atom is 0.303 e. The van der Waals surface area contributed by atoms with Crippen molar-refractivity contribution in [1.29, 1.82) is 0 Å². The van der Waals surface area contributed by atoms with E-state index < -0.39 is 5.97 Å². The van der Waals surface area contributed by atoms with Crippen LogP contribution >= 0.6 is 0 Å². The fourth-order valence-electron chi connectivity index (χ4n) is 1.18. The van der Waals surface area contributed by atoms with Gasteiger partial charge in [-0.2, -0.15) is 0 Å². The van der Waals surface area contributed by atoms with Crippen molar-refractivity contribution < 1.29 is 9.90 Å². The molecule has 0 aliphatic carbocycles. The Morgan fingerprint density at radius 1 is 1.54 bits per heavy atom. The summed E-state index contributed by atoms with van der Waals surface area (Å²) in [7, 11) is 0. The first kappa shape index (κ1) is 9.77. The van der Waals surface area contributed by atoms with E-state index in [4.69, 9.17) is 5.11 Å². The van der Waals surface area contributed by atoms with E-state index in [1.54, 1.807) is 6.21 Å². The van der Waals surface area contributed by atoms with Gasteiger partial charge in [-0.1, -0.05) is 0 Å². The molecule has 0 aromatic rings. The maximum absolute atomic E-state index is 10.2. The third kappa shape index (κ3) is 4.30. The van der Waals surface area contributed by atoms with Gasteiger partial charge >= 0.3 is 5.97 Å². The number of aliphatic imine (C=N–C) groups is 1. The number of nitrogens with one attached hydrogen (secondary N) is 1. The van der Waals surface area contributed by atoms with Crippen LogP contribution in [0.4, 0.5) is 0 Å². The number of hydrogen-bond donors (Lipinski definition) is 2. The molecule has 4 nitrogen and oxygen atoms in total. The second kappa shape index (κ2) is 5.35. The van der Waals surface area contributed by atoms with E-state index in [0.717, 1.165) is 19.3 Å². The predicted octanol–water partition coefficient (Wildman–Crippen LogP) is 1.15. The molecule has 4 heteroatoms. The Bertz CT molecular complexity index is 224. The predicted molar refractivity (Wildman–Crippen MR) is 50.7 cm³/mol. The van der Waals surface area contributed by atoms with Gasteiger partial charge in [0.1, 0.15) is 6.17 Å². The zero-order valence-electron chi connectivity index (χ0n) is 7.44. The lowest BCUT2D eigenvalue weighted by Gasteiger charge is -2.14. The summed E-state index contributed by atoms with van der Waals surface area (Å²) in [6.45, 7) is 0. The fourth-order valence-corrected chi connectivity index (χ4v) is 1.18. The average molecular weight is 182 g/mol. The van der Waals surface area contributed by atoms with Gasteiger partial charge in [0.15, 0.2) is 0 Å². The van der Waals surface area contributed by atoms with Crippen molar-refractivity contribution in [1.82, 2.24) is 5.32 Å². The Morgan fingerprint density at radius 2 is 2.38 bits per heavy atom. The first-order valence-electron chi connectivity index (χ1n) is 4.45. The van der Waals surface area contributed by atoms with E-state index in [0.29, 0.717) is 0 Å². The number of carboxylic acid groups (broad SMARTS) is 1. The quantitative estimate of drug-likeness (QED) is 0.627. The molecule has 0 aromatic heterocycles. The van der Waals surface area contributed by atoms with Crippen LogP contribution < -0.4 is 5.32 Å².